The van der Waals surface area contributed by atoms with Crippen LogP contribution in [-0.2, 0) is 71.2 Å². The summed E-state index contributed by atoms with van der Waals surface area (Å²) in [5, 5.41) is 11.6. The van der Waals surface area contributed by atoms with E-state index in [2.05, 4.69) is 19.2 Å². The Balaban J connectivity index is 0.000000144. The summed E-state index contributed by atoms with van der Waals surface area (Å²) in [6, 6.07) is 16.4. The molecule has 11 aliphatic rings. The third kappa shape index (κ3) is 23.5. The number of aromatic nitrogens is 4. The van der Waals surface area contributed by atoms with Gasteiger partial charge >= 0.3 is 29.6 Å². The lowest BCUT2D eigenvalue weighted by Gasteiger charge is -2.36. The Labute approximate surface area is 659 Å². The van der Waals surface area contributed by atoms with Crippen molar-refractivity contribution in [3.63, 3.8) is 0 Å². The first-order valence-electron chi connectivity index (χ1n) is 39.4. The van der Waals surface area contributed by atoms with Crippen molar-refractivity contribution in [3.05, 3.63) is 160 Å². The summed E-state index contributed by atoms with van der Waals surface area (Å²) in [7, 11) is 2.48. The summed E-state index contributed by atoms with van der Waals surface area (Å²) in [6.45, 7) is 12.0. The van der Waals surface area contributed by atoms with Crippen LogP contribution in [0.15, 0.2) is 120 Å². The highest BCUT2D eigenvalue weighted by Crippen LogP contribution is 2.43. The van der Waals surface area contributed by atoms with E-state index in [1.54, 1.807) is 95.7 Å². The summed E-state index contributed by atoms with van der Waals surface area (Å²) in [5.41, 5.74) is 9.25. The smallest absolute Gasteiger partial charge is 0.412 e. The number of anilines is 2. The number of amides is 1. The van der Waals surface area contributed by atoms with Gasteiger partial charge in [-0.05, 0) is 146 Å². The Morgan fingerprint density at radius 1 is 0.430 bits per heavy atom. The number of nitrogens with zero attached hydrogens (tertiary/aromatic N) is 4. The Hall–Kier alpha value is -8.87. The van der Waals surface area contributed by atoms with Crippen molar-refractivity contribution in [2.75, 3.05) is 91.3 Å². The molecule has 10 heterocycles. The van der Waals surface area contributed by atoms with Gasteiger partial charge in [-0.15, -0.1) is 0 Å². The van der Waals surface area contributed by atoms with Gasteiger partial charge in [-0.1, -0.05) is 0 Å². The molecular formula is C81H109N7O26. The maximum absolute atomic E-state index is 12.7. The van der Waals surface area contributed by atoms with Gasteiger partial charge in [-0.25, -0.2) is 24.0 Å². The number of hydrogen-bond donors (Lipinski definition) is 4. The zero-order valence-electron chi connectivity index (χ0n) is 65.7. The molecule has 5 saturated heterocycles. The summed E-state index contributed by atoms with van der Waals surface area (Å²) in [4.78, 5) is 127. The minimum atomic E-state index is -1.18. The van der Waals surface area contributed by atoms with Crippen LogP contribution in [0, 0.1) is 0 Å². The number of carboxylic acids is 1. The minimum absolute atomic E-state index is 0.0141. The fraction of sp³-hybridized carbons (Fsp3) is 0.617. The Morgan fingerprint density at radius 3 is 1.17 bits per heavy atom. The van der Waals surface area contributed by atoms with Crippen molar-refractivity contribution in [1.82, 2.24) is 18.3 Å². The van der Waals surface area contributed by atoms with Crippen molar-refractivity contribution in [1.29, 1.82) is 0 Å². The average molecular weight is 1600 g/mol. The van der Waals surface area contributed by atoms with Gasteiger partial charge < -0.3 is 101 Å². The lowest BCUT2D eigenvalue weighted by Crippen LogP contribution is -2.39. The van der Waals surface area contributed by atoms with E-state index in [1.807, 2.05) is 0 Å². The molecule has 33 heteroatoms. The molecule has 5 spiro atoms. The quantitative estimate of drug-likeness (QED) is 0.0831. The molecule has 6 aliphatic carbocycles. The average Bonchev–Trinajstić information content (AvgIpc) is 1.54. The molecule has 0 radical (unpaired) electrons. The van der Waals surface area contributed by atoms with Gasteiger partial charge in [0.05, 0.1) is 92.2 Å². The van der Waals surface area contributed by atoms with Crippen LogP contribution in [0.3, 0.4) is 0 Å². The first-order valence-corrected chi connectivity index (χ1v) is 39.4. The molecule has 114 heavy (non-hydrogen) atoms. The first-order chi connectivity index (χ1) is 54.6. The number of carbonyl (C=O) groups excluding carboxylic acids is 5. The van der Waals surface area contributed by atoms with E-state index >= 15 is 0 Å². The van der Waals surface area contributed by atoms with Crippen molar-refractivity contribution in [3.8, 4) is 0 Å². The maximum Gasteiger partial charge on any atom is 0.412 e. The van der Waals surface area contributed by atoms with Crippen molar-refractivity contribution < 1.29 is 99.9 Å². The summed E-state index contributed by atoms with van der Waals surface area (Å²) in [6.07, 6.45) is 26.2. The van der Waals surface area contributed by atoms with Gasteiger partial charge in [0.2, 0.25) is 0 Å². The molecule has 1 amide bonds. The number of nitrogens with two attached hydrogens (primary N) is 2. The second-order valence-corrected chi connectivity index (χ2v) is 30.7. The normalized spacial score (nSPS) is 22.9. The number of nitrogens with one attached hydrogen (secondary N) is 1. The topological polar surface area (TPSA) is 425 Å². The number of ether oxygens (including phenoxy) is 13. The highest BCUT2D eigenvalue weighted by atomic mass is 16.8. The van der Waals surface area contributed by atoms with Gasteiger partial charge in [0.15, 0.2) is 28.9 Å². The molecule has 0 atom stereocenters. The fourth-order valence-electron chi connectivity index (χ4n) is 15.9. The van der Waals surface area contributed by atoms with Crippen molar-refractivity contribution in [2.45, 2.75) is 240 Å². The number of methoxy groups -OCH3 is 2. The largest absolute Gasteiger partial charge is 0.477 e. The molecule has 0 bridgehead atoms. The van der Waals surface area contributed by atoms with Crippen LogP contribution in [0.5, 0.6) is 0 Å². The first kappa shape index (κ1) is 87.5. The van der Waals surface area contributed by atoms with Gasteiger partial charge in [0.1, 0.15) is 39.5 Å². The molecule has 5 aliphatic heterocycles. The molecular weight excluding hydrogens is 1490 g/mol. The predicted molar refractivity (Wildman–Crippen MR) is 410 cm³/mol. The second kappa shape index (κ2) is 40.1. The van der Waals surface area contributed by atoms with Crippen molar-refractivity contribution in [2.24, 2.45) is 5.73 Å². The summed E-state index contributed by atoms with van der Waals surface area (Å²) in [5.74, 6) is -3.78. The van der Waals surface area contributed by atoms with E-state index in [9.17, 15) is 52.7 Å². The van der Waals surface area contributed by atoms with Crippen LogP contribution < -0.4 is 44.6 Å². The molecule has 5 aromatic heterocycles. The van der Waals surface area contributed by atoms with E-state index in [-0.39, 0.29) is 80.5 Å². The third-order valence-corrected chi connectivity index (χ3v) is 22.0. The van der Waals surface area contributed by atoms with Crippen LogP contribution in [0.25, 0.3) is 0 Å². The van der Waals surface area contributed by atoms with Crippen LogP contribution in [0.4, 0.5) is 16.2 Å². The molecule has 33 nitrogen and oxygen atoms in total. The highest BCUT2D eigenvalue weighted by Gasteiger charge is 2.45. The zero-order valence-corrected chi connectivity index (χ0v) is 65.7. The van der Waals surface area contributed by atoms with Gasteiger partial charge in [-0.2, -0.15) is 0 Å². The lowest BCUT2D eigenvalue weighted by molar-refractivity contribution is -0.181. The van der Waals surface area contributed by atoms with Gasteiger partial charge in [-0.3, -0.25) is 34.1 Å². The molecule has 16 rings (SSSR count). The van der Waals surface area contributed by atoms with Crippen LogP contribution in [-0.4, -0.2) is 180 Å². The maximum atomic E-state index is 12.7. The monoisotopic (exact) mass is 1600 g/mol. The van der Waals surface area contributed by atoms with E-state index < -0.39 is 58.1 Å². The molecule has 624 valence electrons. The number of nitrogen functional groups attached to an aromatic ring is 1. The minimum Gasteiger partial charge on any atom is -0.477 e. The number of carbonyl (C=O) groups is 6. The Morgan fingerprint density at radius 2 is 0.763 bits per heavy atom. The van der Waals surface area contributed by atoms with Crippen molar-refractivity contribution >= 4 is 46.9 Å². The van der Waals surface area contributed by atoms with Gasteiger partial charge in [0, 0.05) is 145 Å². The second-order valence-electron chi connectivity index (χ2n) is 30.7. The molecule has 0 unspecified atom stereocenters. The number of rotatable bonds is 8. The highest BCUT2D eigenvalue weighted by molar-refractivity contribution is 5.89. The fourth-order valence-corrected chi connectivity index (χ4v) is 15.9. The summed E-state index contributed by atoms with van der Waals surface area (Å²) >= 11 is 0. The summed E-state index contributed by atoms with van der Waals surface area (Å²) < 4.78 is 81.3. The molecule has 5 aromatic rings. The number of pyridine rings is 4. The number of ketones is 2. The van der Waals surface area contributed by atoms with Crippen LogP contribution in [0.2, 0.25) is 0 Å². The van der Waals surface area contributed by atoms with E-state index in [4.69, 9.17) is 68.7 Å². The number of Topliss-reactive ketones (excluding diaryl/α,β-unsaturated/α-hetero) is 2. The third-order valence-electron chi connectivity index (χ3n) is 22.0. The number of aromatic carboxylic acids is 1. The van der Waals surface area contributed by atoms with E-state index in [0.29, 0.717) is 96.1 Å². The van der Waals surface area contributed by atoms with Crippen LogP contribution in [0.1, 0.15) is 230 Å². The molecule has 0 aromatic carbocycles. The Kier molecular flexibility index (Phi) is 30.8. The predicted octanol–water partition coefficient (Wildman–Crippen LogP) is 9.00. The number of esters is 2. The SMILES string of the molecule is CC(C)(C)OC(=O)Nc1cccn(C2CCC3(CC2)OCCO3)c1=O.COC(=O)c1cccn(C2CCC3(CC2)OCCO3)c1=O.COC(=O)c1cccoc1=O.NC1CCC2(CC1)OCCO2.Nc1cccn(C2CCC(=O)CC2)c1=O.O=C(O)c1cccn(C2CCC3(CC2)OCCO3)c1=O.O=C1CCC2(CC1)OCCO2. The van der Waals surface area contributed by atoms with Crippen LogP contribution >= 0.6 is 0 Å². The molecule has 6 N–H and O–H groups in total. The molecule has 6 saturated carbocycles. The van der Waals surface area contributed by atoms with E-state index in [1.165, 1.54) is 49.3 Å². The lowest BCUT2D eigenvalue weighted by atomic mass is 9.89. The van der Waals surface area contributed by atoms with E-state index in [0.717, 1.165) is 142 Å². The number of carboxylic acid groups (broad SMARTS) is 1. The standard InChI is InChI=1S/C18H26N2O5.C15H19NO5.C14H17NO5.C11H14N2O2.C8H15NO2.C8H12O3.C7H6O4/c1-17(2,3)25-16(22)19-14-5-4-10-20(15(14)21)13-6-8-18(9-7-13)23-11-12-24-18;1-19-14(18)12-3-2-8-16(13(12)17)11-4-6-15(7-5-11)20-9-10-21-15;16-12-11(13(17)18)2-1-7-15(12)10-3-5-14(6-4-10)19-8-9-20-14;12-10-2-1-7-13(11(10)15)8-3-5-9(14)6-4-8;2*9-7-1-3-8(4-2-7)10-5-6-11-8;1-10-6(8)5-3-2-4-11-7(5)9/h4-5,10,13H,6-9,11-12H2,1-3H3,(H,19,22);2-3,8,11H,4-7,9-10H2,1H3;1-2,7,10H,3-6,8-9H2,(H,17,18);1-2,7-8H,3-6,12H2;7H,1-6,9H2;1-6H2;2-4H,1H3. The number of hydrogen-bond acceptors (Lipinski definition) is 27. The Bertz CT molecular complexity index is 4330. The molecule has 11 fully saturated rings. The van der Waals surface area contributed by atoms with Gasteiger partial charge in [0.25, 0.3) is 22.2 Å². The zero-order chi connectivity index (χ0) is 81.7.